The predicted octanol–water partition coefficient (Wildman–Crippen LogP) is 4.16. The van der Waals surface area contributed by atoms with Crippen LogP contribution in [0.1, 0.15) is 42.9 Å². The van der Waals surface area contributed by atoms with Crippen LogP contribution in [-0.2, 0) is 9.53 Å². The lowest BCUT2D eigenvalue weighted by Crippen LogP contribution is -2.16. The van der Waals surface area contributed by atoms with Gasteiger partial charge >= 0.3 is 5.97 Å². The van der Waals surface area contributed by atoms with E-state index in [0.29, 0.717) is 27.0 Å². The molecule has 0 fully saturated rings. The van der Waals surface area contributed by atoms with E-state index in [1.165, 1.54) is 29.4 Å². The van der Waals surface area contributed by atoms with Gasteiger partial charge in [-0.25, -0.2) is 9.78 Å². The van der Waals surface area contributed by atoms with Crippen molar-refractivity contribution in [2.75, 3.05) is 17.7 Å². The number of hydrogen-bond acceptors (Lipinski definition) is 8. The number of ether oxygens (including phenoxy) is 1. The lowest BCUT2D eigenvalue weighted by Gasteiger charge is -2.07. The van der Waals surface area contributed by atoms with E-state index >= 15 is 0 Å². The number of nitrogens with zero attached hydrogens (tertiary/aromatic N) is 2. The number of furan rings is 1. The molecule has 1 amide bonds. The summed E-state index contributed by atoms with van der Waals surface area (Å²) >= 11 is 2.47. The van der Waals surface area contributed by atoms with Crippen LogP contribution < -0.4 is 5.32 Å². The van der Waals surface area contributed by atoms with Crippen LogP contribution in [-0.4, -0.2) is 39.4 Å². The number of amides is 1. The van der Waals surface area contributed by atoms with Crippen LogP contribution in [0, 0.1) is 0 Å². The summed E-state index contributed by atoms with van der Waals surface area (Å²) in [5.41, 5.74) is 0.882. The molecule has 10 heteroatoms. The molecule has 3 heterocycles. The zero-order chi connectivity index (χ0) is 20.1. The van der Waals surface area contributed by atoms with Gasteiger partial charge in [0, 0.05) is 16.9 Å². The second-order valence-corrected chi connectivity index (χ2v) is 7.87. The summed E-state index contributed by atoms with van der Waals surface area (Å²) in [7, 11) is 0. The molecule has 0 atom stereocenters. The van der Waals surface area contributed by atoms with Crippen LogP contribution in [0.3, 0.4) is 0 Å². The molecule has 0 unspecified atom stereocenters. The molecule has 0 bridgehead atoms. The fourth-order valence-corrected chi connectivity index (χ4v) is 3.90. The number of carbonyl (C=O) groups excluding carboxylic acids is 2. The van der Waals surface area contributed by atoms with Gasteiger partial charge in [-0.3, -0.25) is 9.89 Å². The fourth-order valence-electron chi connectivity index (χ4n) is 2.34. The van der Waals surface area contributed by atoms with Crippen molar-refractivity contribution in [2.45, 2.75) is 31.8 Å². The SMILES string of the molecule is CCOC(=O)c1c(-c2ccco2)csc1NC(=O)CSc1n[nH]c(C(C)C)n1. The molecule has 0 saturated carbocycles. The van der Waals surface area contributed by atoms with Gasteiger partial charge in [-0.2, -0.15) is 0 Å². The Balaban J connectivity index is 1.72. The molecule has 0 saturated heterocycles. The molecule has 0 aliphatic carbocycles. The molecule has 8 nitrogen and oxygen atoms in total. The Labute approximate surface area is 170 Å². The van der Waals surface area contributed by atoms with Gasteiger partial charge in [-0.05, 0) is 19.1 Å². The molecule has 0 radical (unpaired) electrons. The Kier molecular flexibility index (Phi) is 6.53. The van der Waals surface area contributed by atoms with Crippen LogP contribution in [0.5, 0.6) is 0 Å². The minimum atomic E-state index is -0.506. The largest absolute Gasteiger partial charge is 0.464 e. The Morgan fingerprint density at radius 2 is 2.25 bits per heavy atom. The average Bonchev–Trinajstić information content (AvgIpc) is 3.40. The van der Waals surface area contributed by atoms with E-state index in [1.54, 1.807) is 24.4 Å². The lowest BCUT2D eigenvalue weighted by molar-refractivity contribution is -0.113. The maximum Gasteiger partial charge on any atom is 0.341 e. The highest BCUT2D eigenvalue weighted by atomic mass is 32.2. The number of thiophene rings is 1. The minimum Gasteiger partial charge on any atom is -0.464 e. The maximum atomic E-state index is 12.4. The molecule has 148 valence electrons. The maximum absolute atomic E-state index is 12.4. The second-order valence-electron chi connectivity index (χ2n) is 6.05. The third-order valence-electron chi connectivity index (χ3n) is 3.67. The van der Waals surface area contributed by atoms with Crippen molar-refractivity contribution >= 4 is 40.0 Å². The molecular formula is C18H20N4O4S2. The van der Waals surface area contributed by atoms with Crippen LogP contribution in [0.4, 0.5) is 5.00 Å². The standard InChI is InChI=1S/C18H20N4O4S2/c1-4-25-17(24)14-11(12-6-5-7-26-12)8-27-16(14)19-13(23)9-28-18-20-15(10(2)3)21-22-18/h5-8,10H,4,9H2,1-3H3,(H,19,23)(H,20,21,22). The molecule has 3 aromatic rings. The van der Waals surface area contributed by atoms with Gasteiger partial charge in [0.05, 0.1) is 18.6 Å². The Morgan fingerprint density at radius 3 is 2.89 bits per heavy atom. The highest BCUT2D eigenvalue weighted by Gasteiger charge is 2.24. The topological polar surface area (TPSA) is 110 Å². The van der Waals surface area contributed by atoms with E-state index in [1.807, 2.05) is 13.8 Å². The molecule has 3 aromatic heterocycles. The number of nitrogens with one attached hydrogen (secondary N) is 2. The quantitative estimate of drug-likeness (QED) is 0.416. The molecule has 0 aliphatic rings. The predicted molar refractivity (Wildman–Crippen MR) is 108 cm³/mol. The smallest absolute Gasteiger partial charge is 0.341 e. The first-order valence-corrected chi connectivity index (χ1v) is 10.5. The van der Waals surface area contributed by atoms with Gasteiger partial charge in [-0.15, -0.1) is 16.4 Å². The first-order valence-electron chi connectivity index (χ1n) is 8.67. The number of aromatic nitrogens is 3. The Morgan fingerprint density at radius 1 is 1.43 bits per heavy atom. The summed E-state index contributed by atoms with van der Waals surface area (Å²) in [6.45, 7) is 5.98. The van der Waals surface area contributed by atoms with Crippen molar-refractivity contribution in [3.63, 3.8) is 0 Å². The summed E-state index contributed by atoms with van der Waals surface area (Å²) in [5.74, 6) is 0.887. The summed E-state index contributed by atoms with van der Waals surface area (Å²) in [4.78, 5) is 29.1. The lowest BCUT2D eigenvalue weighted by atomic mass is 10.1. The van der Waals surface area contributed by atoms with E-state index in [2.05, 4.69) is 20.5 Å². The number of carbonyl (C=O) groups is 2. The van der Waals surface area contributed by atoms with Crippen LogP contribution in [0.2, 0.25) is 0 Å². The summed E-state index contributed by atoms with van der Waals surface area (Å²) < 4.78 is 10.5. The van der Waals surface area contributed by atoms with Crippen molar-refractivity contribution in [2.24, 2.45) is 0 Å². The first-order chi connectivity index (χ1) is 13.5. The van der Waals surface area contributed by atoms with E-state index in [9.17, 15) is 9.59 Å². The van der Waals surface area contributed by atoms with E-state index < -0.39 is 5.97 Å². The van der Waals surface area contributed by atoms with Crippen LogP contribution >= 0.6 is 23.1 Å². The Bertz CT molecular complexity index is 947. The number of H-pyrrole nitrogens is 1. The molecule has 28 heavy (non-hydrogen) atoms. The highest BCUT2D eigenvalue weighted by Crippen LogP contribution is 2.36. The monoisotopic (exact) mass is 420 g/mol. The number of anilines is 1. The molecular weight excluding hydrogens is 400 g/mol. The number of esters is 1. The number of aromatic amines is 1. The number of hydrogen-bond donors (Lipinski definition) is 2. The minimum absolute atomic E-state index is 0.117. The molecule has 3 rings (SSSR count). The van der Waals surface area contributed by atoms with Crippen molar-refractivity contribution in [1.29, 1.82) is 0 Å². The van der Waals surface area contributed by atoms with E-state index in [-0.39, 0.29) is 24.2 Å². The van der Waals surface area contributed by atoms with Gasteiger partial charge in [0.25, 0.3) is 0 Å². The Hall–Kier alpha value is -2.59. The van der Waals surface area contributed by atoms with Gasteiger partial charge < -0.3 is 14.5 Å². The number of thioether (sulfide) groups is 1. The fraction of sp³-hybridized carbons (Fsp3) is 0.333. The summed E-state index contributed by atoms with van der Waals surface area (Å²) in [6, 6.07) is 3.49. The first kappa shape index (κ1) is 20.2. The summed E-state index contributed by atoms with van der Waals surface area (Å²) in [6.07, 6.45) is 1.53. The molecule has 0 aromatic carbocycles. The average molecular weight is 421 g/mol. The van der Waals surface area contributed by atoms with E-state index in [4.69, 9.17) is 9.15 Å². The third-order valence-corrected chi connectivity index (χ3v) is 5.41. The summed E-state index contributed by atoms with van der Waals surface area (Å²) in [5, 5.41) is 12.4. The van der Waals surface area contributed by atoms with Crippen molar-refractivity contribution < 1.29 is 18.7 Å². The van der Waals surface area contributed by atoms with Crippen LogP contribution in [0.15, 0.2) is 33.3 Å². The zero-order valence-corrected chi connectivity index (χ0v) is 17.3. The van der Waals surface area contributed by atoms with Gasteiger partial charge in [0.15, 0.2) is 0 Å². The van der Waals surface area contributed by atoms with E-state index in [0.717, 1.165) is 5.82 Å². The second kappa shape index (κ2) is 9.07. The van der Waals surface area contributed by atoms with Gasteiger partial charge in [0.1, 0.15) is 22.1 Å². The molecule has 0 spiro atoms. The van der Waals surface area contributed by atoms with Gasteiger partial charge in [-0.1, -0.05) is 25.6 Å². The normalized spacial score (nSPS) is 11.0. The molecule has 0 aliphatic heterocycles. The van der Waals surface area contributed by atoms with Crippen LogP contribution in [0.25, 0.3) is 11.3 Å². The highest BCUT2D eigenvalue weighted by molar-refractivity contribution is 7.99. The van der Waals surface area contributed by atoms with Crippen molar-refractivity contribution in [3.05, 3.63) is 35.2 Å². The third kappa shape index (κ3) is 4.63. The van der Waals surface area contributed by atoms with Crippen molar-refractivity contribution in [3.8, 4) is 11.3 Å². The van der Waals surface area contributed by atoms with Gasteiger partial charge in [0.2, 0.25) is 11.1 Å². The molecule has 2 N–H and O–H groups in total. The van der Waals surface area contributed by atoms with Crippen molar-refractivity contribution in [1.82, 2.24) is 15.2 Å². The zero-order valence-electron chi connectivity index (χ0n) is 15.6. The number of rotatable bonds is 8.